The molecule has 0 radical (unpaired) electrons. The van der Waals surface area contributed by atoms with Crippen molar-refractivity contribution < 1.29 is 35.5 Å². The van der Waals surface area contributed by atoms with E-state index >= 15 is 0 Å². The highest BCUT2D eigenvalue weighted by molar-refractivity contribution is 7.90. The van der Waals surface area contributed by atoms with Gasteiger partial charge in [0.1, 0.15) is 11.4 Å². The lowest BCUT2D eigenvalue weighted by Crippen LogP contribution is -2.46. The number of nitrogens with zero attached hydrogens (tertiary/aromatic N) is 1. The zero-order valence-corrected chi connectivity index (χ0v) is 20.4. The molecule has 34 heavy (non-hydrogen) atoms. The Hall–Kier alpha value is -1.92. The number of hydrogen-bond donors (Lipinski definition) is 2. The third kappa shape index (κ3) is 5.65. The van der Waals surface area contributed by atoms with Gasteiger partial charge in [-0.05, 0) is 53.4 Å². The molecule has 12 heteroatoms. The molecular formula is C22H31F4N3O4S. The molecule has 3 rings (SSSR count). The quantitative estimate of drug-likeness (QED) is 0.451. The highest BCUT2D eigenvalue weighted by Crippen LogP contribution is 2.36. The van der Waals surface area contributed by atoms with Gasteiger partial charge in [0.25, 0.3) is 0 Å². The largest absolute Gasteiger partial charge is 0.372 e. The lowest BCUT2D eigenvalue weighted by atomic mass is 9.86. The molecule has 1 amide bonds. The van der Waals surface area contributed by atoms with Crippen LogP contribution in [-0.2, 0) is 19.6 Å². The Morgan fingerprint density at radius 3 is 1.91 bits per heavy atom. The topological polar surface area (TPSA) is 87.7 Å². The molecule has 1 aliphatic heterocycles. The summed E-state index contributed by atoms with van der Waals surface area (Å²) in [6.07, 6.45) is 0.426. The minimum absolute atomic E-state index is 0.0482. The van der Waals surface area contributed by atoms with Crippen molar-refractivity contribution in [1.29, 1.82) is 0 Å². The SMILES string of the molecule is CC(C)S(=O)(=O)N[C@H]1CC[C@H](C(=O)Nc2c(F)c(F)c(N3C[C@@H](C)O[C@@H](C)C3)c(F)c2F)CC1. The summed E-state index contributed by atoms with van der Waals surface area (Å²) in [5, 5.41) is 1.41. The molecule has 2 atom stereocenters. The Bertz CT molecular complexity index is 990. The molecule has 1 aliphatic carbocycles. The van der Waals surface area contributed by atoms with E-state index in [0.29, 0.717) is 12.8 Å². The lowest BCUT2D eigenvalue weighted by molar-refractivity contribution is -0.120. The number of amides is 1. The van der Waals surface area contributed by atoms with Crippen LogP contribution in [0.15, 0.2) is 0 Å². The molecule has 1 heterocycles. The van der Waals surface area contributed by atoms with Crippen LogP contribution in [0.4, 0.5) is 28.9 Å². The van der Waals surface area contributed by atoms with Crippen molar-refractivity contribution in [3.05, 3.63) is 23.3 Å². The molecule has 192 valence electrons. The molecular weight excluding hydrogens is 478 g/mol. The summed E-state index contributed by atoms with van der Waals surface area (Å²) in [5.74, 6) is -7.96. The molecule has 1 saturated carbocycles. The molecule has 0 unspecified atom stereocenters. The summed E-state index contributed by atoms with van der Waals surface area (Å²) in [4.78, 5) is 13.8. The number of halogens is 4. The van der Waals surface area contributed by atoms with E-state index in [4.69, 9.17) is 4.74 Å². The van der Waals surface area contributed by atoms with Gasteiger partial charge >= 0.3 is 0 Å². The Labute approximate surface area is 197 Å². The zero-order valence-electron chi connectivity index (χ0n) is 19.6. The second-order valence-corrected chi connectivity index (χ2v) is 11.7. The first-order valence-corrected chi connectivity index (χ1v) is 12.9. The number of ether oxygens (including phenoxy) is 1. The van der Waals surface area contributed by atoms with Gasteiger partial charge in [-0.15, -0.1) is 0 Å². The maximum atomic E-state index is 14.8. The Morgan fingerprint density at radius 2 is 1.44 bits per heavy atom. The summed E-state index contributed by atoms with van der Waals surface area (Å²) >= 11 is 0. The maximum Gasteiger partial charge on any atom is 0.227 e. The predicted molar refractivity (Wildman–Crippen MR) is 120 cm³/mol. The van der Waals surface area contributed by atoms with Gasteiger partial charge in [0, 0.05) is 25.0 Å². The summed E-state index contributed by atoms with van der Waals surface area (Å²) in [7, 11) is -3.47. The van der Waals surface area contributed by atoms with Crippen LogP contribution >= 0.6 is 0 Å². The predicted octanol–water partition coefficient (Wildman–Crippen LogP) is 3.68. The van der Waals surface area contributed by atoms with Crippen LogP contribution in [0.25, 0.3) is 0 Å². The standard InChI is InChI=1S/C22H31F4N3O4S/c1-11(2)34(31,32)28-15-7-5-14(6-8-15)22(30)27-20-16(23)18(25)21(19(26)17(20)24)29-9-12(3)33-13(4)10-29/h11-15,28H,5-10H2,1-4H3,(H,27,30)/t12-,13+,14-,15-. The van der Waals surface area contributed by atoms with Crippen molar-refractivity contribution in [1.82, 2.24) is 4.72 Å². The number of benzene rings is 1. The van der Waals surface area contributed by atoms with E-state index < -0.39 is 73.9 Å². The maximum absolute atomic E-state index is 14.8. The van der Waals surface area contributed by atoms with Crippen molar-refractivity contribution in [3.63, 3.8) is 0 Å². The molecule has 1 aromatic rings. The van der Waals surface area contributed by atoms with E-state index in [9.17, 15) is 30.8 Å². The number of sulfonamides is 1. The second kappa shape index (κ2) is 10.4. The van der Waals surface area contributed by atoms with Gasteiger partial charge in [-0.25, -0.2) is 30.7 Å². The van der Waals surface area contributed by atoms with Crippen LogP contribution in [0.2, 0.25) is 0 Å². The summed E-state index contributed by atoms with van der Waals surface area (Å²) in [6, 6.07) is -0.350. The third-order valence-electron chi connectivity index (χ3n) is 6.27. The number of nitrogens with one attached hydrogen (secondary N) is 2. The number of hydrogen-bond acceptors (Lipinski definition) is 5. The van der Waals surface area contributed by atoms with E-state index in [1.165, 1.54) is 4.90 Å². The molecule has 0 aromatic heterocycles. The van der Waals surface area contributed by atoms with Gasteiger partial charge in [-0.1, -0.05) is 0 Å². The van der Waals surface area contributed by atoms with Gasteiger partial charge in [0.2, 0.25) is 15.9 Å². The van der Waals surface area contributed by atoms with E-state index in [1.54, 1.807) is 27.7 Å². The fraction of sp³-hybridized carbons (Fsp3) is 0.682. The number of carbonyl (C=O) groups excluding carboxylic acids is 1. The third-order valence-corrected chi connectivity index (χ3v) is 8.18. The molecule has 2 aliphatic rings. The summed E-state index contributed by atoms with van der Waals surface area (Å²) in [6.45, 7) is 6.56. The Kier molecular flexibility index (Phi) is 8.14. The van der Waals surface area contributed by atoms with Crippen LogP contribution < -0.4 is 14.9 Å². The second-order valence-electron chi connectivity index (χ2n) is 9.39. The highest BCUT2D eigenvalue weighted by atomic mass is 32.2. The van der Waals surface area contributed by atoms with Crippen molar-refractivity contribution in [2.45, 2.75) is 76.9 Å². The minimum atomic E-state index is -3.47. The molecule has 0 spiro atoms. The number of carbonyl (C=O) groups is 1. The molecule has 0 bridgehead atoms. The molecule has 1 aromatic carbocycles. The summed E-state index contributed by atoms with van der Waals surface area (Å²) < 4.78 is 91.3. The Balaban J connectivity index is 1.72. The van der Waals surface area contributed by atoms with Crippen LogP contribution in [0.1, 0.15) is 53.4 Å². The van der Waals surface area contributed by atoms with Crippen LogP contribution in [0, 0.1) is 29.2 Å². The molecule has 1 saturated heterocycles. The van der Waals surface area contributed by atoms with Crippen LogP contribution in [0.3, 0.4) is 0 Å². The first kappa shape index (κ1) is 26.7. The molecule has 7 nitrogen and oxygen atoms in total. The zero-order chi connectivity index (χ0) is 25.4. The van der Waals surface area contributed by atoms with Crippen molar-refractivity contribution in [2.75, 3.05) is 23.3 Å². The number of morpholine rings is 1. The van der Waals surface area contributed by atoms with Crippen molar-refractivity contribution >= 4 is 27.3 Å². The van der Waals surface area contributed by atoms with E-state index in [0.717, 1.165) is 0 Å². The highest BCUT2D eigenvalue weighted by Gasteiger charge is 2.35. The lowest BCUT2D eigenvalue weighted by Gasteiger charge is -2.37. The minimum Gasteiger partial charge on any atom is -0.372 e. The van der Waals surface area contributed by atoms with E-state index in [1.807, 2.05) is 5.32 Å². The van der Waals surface area contributed by atoms with Crippen LogP contribution in [0.5, 0.6) is 0 Å². The van der Waals surface area contributed by atoms with E-state index in [-0.39, 0.29) is 32.0 Å². The fourth-order valence-electron chi connectivity index (χ4n) is 4.44. The number of anilines is 2. The first-order valence-electron chi connectivity index (χ1n) is 11.4. The van der Waals surface area contributed by atoms with Gasteiger partial charge in [0.15, 0.2) is 23.3 Å². The fourth-order valence-corrected chi connectivity index (χ4v) is 5.41. The molecule has 2 N–H and O–H groups in total. The Morgan fingerprint density at radius 1 is 0.941 bits per heavy atom. The van der Waals surface area contributed by atoms with E-state index in [2.05, 4.69) is 4.72 Å². The smallest absolute Gasteiger partial charge is 0.227 e. The molecule has 2 fully saturated rings. The average Bonchev–Trinajstić information content (AvgIpc) is 2.75. The van der Waals surface area contributed by atoms with Crippen LogP contribution in [-0.4, -0.2) is 50.9 Å². The van der Waals surface area contributed by atoms with Crippen molar-refractivity contribution in [3.8, 4) is 0 Å². The monoisotopic (exact) mass is 509 g/mol. The average molecular weight is 510 g/mol. The first-order chi connectivity index (χ1) is 15.8. The normalized spacial score (nSPS) is 26.1. The van der Waals surface area contributed by atoms with Gasteiger partial charge in [-0.2, -0.15) is 0 Å². The van der Waals surface area contributed by atoms with Crippen molar-refractivity contribution in [2.24, 2.45) is 5.92 Å². The summed E-state index contributed by atoms with van der Waals surface area (Å²) in [5.41, 5.74) is -1.99. The van der Waals surface area contributed by atoms with Gasteiger partial charge in [0.05, 0.1) is 17.5 Å². The van der Waals surface area contributed by atoms with Gasteiger partial charge in [-0.3, -0.25) is 4.79 Å². The number of rotatable bonds is 6. The van der Waals surface area contributed by atoms with Gasteiger partial charge < -0.3 is 15.0 Å².